The number of benzene rings is 2. The van der Waals surface area contributed by atoms with Gasteiger partial charge in [-0.1, -0.05) is 41.9 Å². The molecule has 0 saturated carbocycles. The van der Waals surface area contributed by atoms with Gasteiger partial charge in [-0.2, -0.15) is 5.10 Å². The molecule has 5 rings (SSSR count). The standard InChI is InChI=1S/C23H25ClN8O/c1-31-7-8-32(13-31)12-18(33)27-23-22(25)28-20(14-5-3-2-4-6-14)21(29-23)15-9-16-11-26-30-19(16)17(24)10-15/h2-6,9-11,18,33H,7-8,12-13H2,1H3,(H2,25,28)(H,26,30)(H,27,29). The molecule has 1 aliphatic rings. The van der Waals surface area contributed by atoms with Crippen LogP contribution >= 0.6 is 11.6 Å². The maximum Gasteiger partial charge on any atom is 0.171 e. The third kappa shape index (κ3) is 4.49. The van der Waals surface area contributed by atoms with Crippen LogP contribution in [0.3, 0.4) is 0 Å². The van der Waals surface area contributed by atoms with Crippen molar-refractivity contribution in [1.82, 2.24) is 30.0 Å². The first kappa shape index (κ1) is 21.6. The van der Waals surface area contributed by atoms with Gasteiger partial charge in [0.05, 0.1) is 34.8 Å². The summed E-state index contributed by atoms with van der Waals surface area (Å²) in [6.07, 6.45) is 0.872. The van der Waals surface area contributed by atoms with Crippen LogP contribution in [-0.2, 0) is 0 Å². The smallest absolute Gasteiger partial charge is 0.171 e. The Bertz CT molecular complexity index is 1280. The van der Waals surface area contributed by atoms with E-state index in [4.69, 9.17) is 22.3 Å². The molecule has 0 aliphatic carbocycles. The molecule has 1 atom stereocenters. The van der Waals surface area contributed by atoms with Crippen LogP contribution in [0.4, 0.5) is 11.6 Å². The molecule has 2 aromatic carbocycles. The number of rotatable bonds is 6. The Morgan fingerprint density at radius 3 is 2.70 bits per heavy atom. The maximum absolute atomic E-state index is 10.7. The molecule has 0 amide bonds. The molecule has 33 heavy (non-hydrogen) atoms. The van der Waals surface area contributed by atoms with Gasteiger partial charge in [-0.05, 0) is 19.2 Å². The zero-order valence-electron chi connectivity index (χ0n) is 18.2. The normalized spacial score (nSPS) is 15.8. The van der Waals surface area contributed by atoms with E-state index in [2.05, 4.69) is 37.3 Å². The lowest BCUT2D eigenvalue weighted by Crippen LogP contribution is -2.36. The highest BCUT2D eigenvalue weighted by molar-refractivity contribution is 6.35. The van der Waals surface area contributed by atoms with Gasteiger partial charge in [-0.25, -0.2) is 9.97 Å². The van der Waals surface area contributed by atoms with Crippen molar-refractivity contribution in [3.63, 3.8) is 0 Å². The zero-order valence-corrected chi connectivity index (χ0v) is 18.9. The average Bonchev–Trinajstić information content (AvgIpc) is 3.44. The number of aliphatic hydroxyl groups excluding tert-OH is 1. The molecule has 170 valence electrons. The fourth-order valence-electron chi connectivity index (χ4n) is 4.10. The number of aliphatic hydroxyl groups is 1. The minimum atomic E-state index is -0.844. The van der Waals surface area contributed by atoms with Gasteiger partial charge >= 0.3 is 0 Å². The first-order valence-corrected chi connectivity index (χ1v) is 11.1. The van der Waals surface area contributed by atoms with E-state index < -0.39 is 6.23 Å². The minimum absolute atomic E-state index is 0.214. The van der Waals surface area contributed by atoms with Crippen molar-refractivity contribution < 1.29 is 5.11 Å². The summed E-state index contributed by atoms with van der Waals surface area (Å²) in [6, 6.07) is 13.5. The van der Waals surface area contributed by atoms with E-state index in [1.807, 2.05) is 42.5 Å². The third-order valence-electron chi connectivity index (χ3n) is 5.72. The number of nitrogens with zero attached hydrogens (tertiary/aromatic N) is 5. The molecule has 5 N–H and O–H groups in total. The average molecular weight is 465 g/mol. The number of aromatic amines is 1. The summed E-state index contributed by atoms with van der Waals surface area (Å²) in [6.45, 7) is 3.13. The second-order valence-corrected chi connectivity index (χ2v) is 8.68. The van der Waals surface area contributed by atoms with Gasteiger partial charge in [0.25, 0.3) is 0 Å². The molecule has 1 aliphatic heterocycles. The van der Waals surface area contributed by atoms with Gasteiger partial charge in [0.1, 0.15) is 6.23 Å². The van der Waals surface area contributed by atoms with E-state index in [-0.39, 0.29) is 5.82 Å². The zero-order chi connectivity index (χ0) is 22.9. The van der Waals surface area contributed by atoms with Gasteiger partial charge in [0.2, 0.25) is 0 Å². The lowest BCUT2D eigenvalue weighted by molar-refractivity contribution is 0.138. The molecule has 3 heterocycles. The number of nitrogen functional groups attached to an aromatic ring is 1. The first-order chi connectivity index (χ1) is 16.0. The number of H-pyrrole nitrogens is 1. The Hall–Kier alpha value is -3.24. The number of fused-ring (bicyclic) bond motifs is 1. The van der Waals surface area contributed by atoms with E-state index in [1.54, 1.807) is 6.20 Å². The van der Waals surface area contributed by atoms with Crippen LogP contribution in [0.1, 0.15) is 0 Å². The monoisotopic (exact) mass is 464 g/mol. The highest BCUT2D eigenvalue weighted by Gasteiger charge is 2.22. The van der Waals surface area contributed by atoms with Gasteiger partial charge in [0, 0.05) is 36.1 Å². The lowest BCUT2D eigenvalue weighted by Gasteiger charge is -2.22. The van der Waals surface area contributed by atoms with E-state index in [9.17, 15) is 5.11 Å². The van der Waals surface area contributed by atoms with Gasteiger partial charge < -0.3 is 16.2 Å². The van der Waals surface area contributed by atoms with Gasteiger partial charge in [0.15, 0.2) is 11.6 Å². The highest BCUT2D eigenvalue weighted by Crippen LogP contribution is 2.35. The van der Waals surface area contributed by atoms with E-state index in [1.165, 1.54) is 0 Å². The summed E-state index contributed by atoms with van der Waals surface area (Å²) >= 11 is 6.50. The van der Waals surface area contributed by atoms with Gasteiger partial charge in [-0.3, -0.25) is 14.9 Å². The van der Waals surface area contributed by atoms with Crippen molar-refractivity contribution in [2.45, 2.75) is 6.23 Å². The molecule has 2 aromatic heterocycles. The molecule has 1 unspecified atom stereocenters. The van der Waals surface area contributed by atoms with Crippen LogP contribution < -0.4 is 11.1 Å². The van der Waals surface area contributed by atoms with Crippen LogP contribution in [-0.4, -0.2) is 74.7 Å². The molecular formula is C23H25ClN8O. The summed E-state index contributed by atoms with van der Waals surface area (Å²) in [4.78, 5) is 13.8. The fraction of sp³-hybridized carbons (Fsp3) is 0.261. The van der Waals surface area contributed by atoms with Crippen molar-refractivity contribution in [2.24, 2.45) is 0 Å². The molecule has 1 fully saturated rings. The third-order valence-corrected chi connectivity index (χ3v) is 6.02. The SMILES string of the molecule is CN1CCN(CC(O)Nc2nc(-c3cc(Cl)c4[nH]ncc4c3)c(-c3ccccc3)nc2N)C1. The van der Waals surface area contributed by atoms with E-state index >= 15 is 0 Å². The lowest BCUT2D eigenvalue weighted by atomic mass is 10.0. The Morgan fingerprint density at radius 2 is 1.94 bits per heavy atom. The second kappa shape index (κ2) is 8.95. The fourth-order valence-corrected chi connectivity index (χ4v) is 4.36. The van der Waals surface area contributed by atoms with Gasteiger partial charge in [-0.15, -0.1) is 0 Å². The minimum Gasteiger partial charge on any atom is -0.381 e. The van der Waals surface area contributed by atoms with Crippen molar-refractivity contribution >= 4 is 34.1 Å². The molecular weight excluding hydrogens is 440 g/mol. The number of nitrogens with one attached hydrogen (secondary N) is 2. The molecule has 0 radical (unpaired) electrons. The summed E-state index contributed by atoms with van der Waals surface area (Å²) in [5.74, 6) is 0.541. The number of β-amino-alcohol motifs (C(OH)–C–C–N with tert-alkyl or cyclic N) is 1. The van der Waals surface area contributed by atoms with Crippen LogP contribution in [0.2, 0.25) is 5.02 Å². The van der Waals surface area contributed by atoms with E-state index in [0.717, 1.165) is 41.8 Å². The number of hydrogen-bond acceptors (Lipinski definition) is 8. The maximum atomic E-state index is 10.7. The molecule has 0 bridgehead atoms. The van der Waals surface area contributed by atoms with Crippen LogP contribution in [0.25, 0.3) is 33.4 Å². The number of likely N-dealkylation sites (N-methyl/N-ethyl adjacent to an activating group) is 1. The number of halogens is 1. The number of anilines is 2. The first-order valence-electron chi connectivity index (χ1n) is 10.7. The molecule has 1 saturated heterocycles. The predicted molar refractivity (Wildman–Crippen MR) is 131 cm³/mol. The molecule has 4 aromatic rings. The Morgan fingerprint density at radius 1 is 1.15 bits per heavy atom. The number of aromatic nitrogens is 4. The molecule has 9 nitrogen and oxygen atoms in total. The summed E-state index contributed by atoms with van der Waals surface area (Å²) in [5.41, 5.74) is 9.93. The van der Waals surface area contributed by atoms with Crippen LogP contribution in [0.15, 0.2) is 48.7 Å². The summed E-state index contributed by atoms with van der Waals surface area (Å²) in [7, 11) is 2.06. The van der Waals surface area contributed by atoms with Crippen LogP contribution in [0, 0.1) is 0 Å². The summed E-state index contributed by atoms with van der Waals surface area (Å²) in [5, 5.41) is 22.1. The highest BCUT2D eigenvalue weighted by atomic mass is 35.5. The Balaban J connectivity index is 1.54. The van der Waals surface area contributed by atoms with Crippen molar-refractivity contribution in [3.8, 4) is 22.5 Å². The van der Waals surface area contributed by atoms with Crippen LogP contribution in [0.5, 0.6) is 0 Å². The Labute approximate surface area is 196 Å². The van der Waals surface area contributed by atoms with Crippen molar-refractivity contribution in [3.05, 3.63) is 53.7 Å². The number of nitrogens with two attached hydrogens (primary N) is 1. The quantitative estimate of drug-likeness (QED) is 0.321. The summed E-state index contributed by atoms with van der Waals surface area (Å²) < 4.78 is 0. The predicted octanol–water partition coefficient (Wildman–Crippen LogP) is 2.86. The number of hydrogen-bond donors (Lipinski definition) is 4. The second-order valence-electron chi connectivity index (χ2n) is 8.27. The molecule has 0 spiro atoms. The molecule has 10 heteroatoms. The van der Waals surface area contributed by atoms with E-state index in [0.29, 0.717) is 28.8 Å². The largest absolute Gasteiger partial charge is 0.381 e. The van der Waals surface area contributed by atoms with Crippen molar-refractivity contribution in [1.29, 1.82) is 0 Å². The van der Waals surface area contributed by atoms with Crippen molar-refractivity contribution in [2.75, 3.05) is 44.4 Å². The Kier molecular flexibility index (Phi) is 5.86. The topological polar surface area (TPSA) is 119 Å².